The summed E-state index contributed by atoms with van der Waals surface area (Å²) < 4.78 is 25.9. The van der Waals surface area contributed by atoms with Gasteiger partial charge in [-0.25, -0.2) is 8.78 Å². The average Bonchev–Trinajstić information content (AvgIpc) is 2.62. The first-order chi connectivity index (χ1) is 5.63. The number of rotatable bonds is 1. The van der Waals surface area contributed by atoms with Crippen LogP contribution < -0.4 is 5.73 Å². The van der Waals surface area contributed by atoms with E-state index in [4.69, 9.17) is 5.73 Å². The zero-order chi connectivity index (χ0) is 8.77. The summed E-state index contributed by atoms with van der Waals surface area (Å²) in [5, 5.41) is 0. The Kier molecular flexibility index (Phi) is 1.45. The van der Waals surface area contributed by atoms with Crippen molar-refractivity contribution in [2.75, 3.05) is 0 Å². The van der Waals surface area contributed by atoms with Crippen LogP contribution in [0.2, 0.25) is 0 Å². The smallest absolute Gasteiger partial charge is 0.152 e. The molecule has 1 aromatic carbocycles. The molecule has 2 N–H and O–H groups in total. The molecule has 0 radical (unpaired) electrons. The average molecular weight is 169 g/mol. The van der Waals surface area contributed by atoms with Gasteiger partial charge in [-0.05, 0) is 17.7 Å². The minimum Gasteiger partial charge on any atom is -0.325 e. The van der Waals surface area contributed by atoms with E-state index < -0.39 is 11.7 Å². The molecule has 1 aliphatic carbocycles. The molecular weight excluding hydrogens is 160 g/mol. The van der Waals surface area contributed by atoms with Crippen LogP contribution in [0.15, 0.2) is 24.3 Å². The van der Waals surface area contributed by atoms with Gasteiger partial charge in [0.25, 0.3) is 0 Å². The normalized spacial score (nSPS) is 33.4. The highest BCUT2D eigenvalue weighted by Gasteiger charge is 2.54. The maximum atomic E-state index is 13.5. The van der Waals surface area contributed by atoms with E-state index in [-0.39, 0.29) is 5.82 Å². The monoisotopic (exact) mass is 169 g/mol. The highest BCUT2D eigenvalue weighted by atomic mass is 19.1. The second kappa shape index (κ2) is 2.26. The highest BCUT2D eigenvalue weighted by Crippen LogP contribution is 2.48. The standard InChI is InChI=1S/C9H9F2N/c10-7-3-1-6(2-4-7)9(11)5-8(9)12/h1-4,8H,5,12H2/t8-,9+/m0/s1. The summed E-state index contributed by atoms with van der Waals surface area (Å²) in [6.45, 7) is 0. The topological polar surface area (TPSA) is 26.0 Å². The molecule has 0 aliphatic heterocycles. The molecule has 1 saturated carbocycles. The van der Waals surface area contributed by atoms with Crippen molar-refractivity contribution in [2.45, 2.75) is 18.1 Å². The first-order valence-corrected chi connectivity index (χ1v) is 3.83. The van der Waals surface area contributed by atoms with Gasteiger partial charge in [-0.3, -0.25) is 0 Å². The van der Waals surface area contributed by atoms with Crippen molar-refractivity contribution >= 4 is 0 Å². The number of alkyl halides is 1. The Bertz CT molecular complexity index is 296. The Hall–Kier alpha value is -0.960. The lowest BCUT2D eigenvalue weighted by atomic mass is 10.1. The van der Waals surface area contributed by atoms with Gasteiger partial charge in [0.1, 0.15) is 5.82 Å². The molecule has 1 fully saturated rings. The van der Waals surface area contributed by atoms with E-state index in [1.165, 1.54) is 24.3 Å². The summed E-state index contributed by atoms with van der Waals surface area (Å²) in [6, 6.07) is 4.98. The van der Waals surface area contributed by atoms with Crippen LogP contribution in [0.5, 0.6) is 0 Å². The van der Waals surface area contributed by atoms with Gasteiger partial charge in [-0.2, -0.15) is 0 Å². The van der Waals surface area contributed by atoms with E-state index in [1.807, 2.05) is 0 Å². The minimum atomic E-state index is -1.40. The van der Waals surface area contributed by atoms with E-state index in [9.17, 15) is 8.78 Å². The molecule has 1 aromatic rings. The lowest BCUT2D eigenvalue weighted by molar-refractivity contribution is 0.306. The van der Waals surface area contributed by atoms with Crippen molar-refractivity contribution in [1.29, 1.82) is 0 Å². The van der Waals surface area contributed by atoms with Gasteiger partial charge in [-0.1, -0.05) is 12.1 Å². The van der Waals surface area contributed by atoms with Gasteiger partial charge in [0, 0.05) is 12.5 Å². The third kappa shape index (κ3) is 1.01. The molecule has 0 unspecified atom stereocenters. The molecule has 0 spiro atoms. The maximum absolute atomic E-state index is 13.5. The van der Waals surface area contributed by atoms with Crippen molar-refractivity contribution in [1.82, 2.24) is 0 Å². The summed E-state index contributed by atoms with van der Waals surface area (Å²) in [4.78, 5) is 0. The first-order valence-electron chi connectivity index (χ1n) is 3.83. The minimum absolute atomic E-state index is 0.346. The van der Waals surface area contributed by atoms with Crippen molar-refractivity contribution in [3.05, 3.63) is 35.6 Å². The summed E-state index contributed by atoms with van der Waals surface area (Å²) >= 11 is 0. The van der Waals surface area contributed by atoms with E-state index in [0.717, 1.165) is 0 Å². The summed E-state index contributed by atoms with van der Waals surface area (Å²) in [7, 11) is 0. The second-order valence-corrected chi connectivity index (χ2v) is 3.18. The van der Waals surface area contributed by atoms with E-state index >= 15 is 0 Å². The largest absolute Gasteiger partial charge is 0.325 e. The third-order valence-corrected chi connectivity index (χ3v) is 2.27. The molecule has 0 bridgehead atoms. The van der Waals surface area contributed by atoms with Crippen LogP contribution in [0.1, 0.15) is 12.0 Å². The van der Waals surface area contributed by atoms with Crippen molar-refractivity contribution in [3.63, 3.8) is 0 Å². The molecule has 12 heavy (non-hydrogen) atoms. The fourth-order valence-electron chi connectivity index (χ4n) is 1.32. The number of halogens is 2. The van der Waals surface area contributed by atoms with Crippen molar-refractivity contribution in [2.24, 2.45) is 5.73 Å². The molecule has 1 aliphatic rings. The molecule has 0 amide bonds. The summed E-state index contributed by atoms with van der Waals surface area (Å²) in [5.41, 5.74) is 4.49. The molecular formula is C9H9F2N. The molecule has 0 aromatic heterocycles. The SMILES string of the molecule is N[C@H]1C[C@@]1(F)c1ccc(F)cc1. The first kappa shape index (κ1) is 7.68. The van der Waals surface area contributed by atoms with Gasteiger partial charge >= 0.3 is 0 Å². The fourth-order valence-corrected chi connectivity index (χ4v) is 1.32. The van der Waals surface area contributed by atoms with Crippen LogP contribution in [0, 0.1) is 5.82 Å². The Morgan fingerprint density at radius 2 is 1.83 bits per heavy atom. The van der Waals surface area contributed by atoms with Crippen LogP contribution in [0.4, 0.5) is 8.78 Å². The zero-order valence-corrected chi connectivity index (χ0v) is 6.43. The van der Waals surface area contributed by atoms with E-state index in [2.05, 4.69) is 0 Å². The Balaban J connectivity index is 2.31. The van der Waals surface area contributed by atoms with Gasteiger partial charge in [0.2, 0.25) is 0 Å². The van der Waals surface area contributed by atoms with E-state index in [1.54, 1.807) is 0 Å². The van der Waals surface area contributed by atoms with Crippen LogP contribution >= 0.6 is 0 Å². The van der Waals surface area contributed by atoms with Crippen LogP contribution in [-0.4, -0.2) is 6.04 Å². The fraction of sp³-hybridized carbons (Fsp3) is 0.333. The van der Waals surface area contributed by atoms with Crippen molar-refractivity contribution < 1.29 is 8.78 Å². The van der Waals surface area contributed by atoms with Crippen molar-refractivity contribution in [3.8, 4) is 0 Å². The Morgan fingerprint density at radius 1 is 1.33 bits per heavy atom. The lowest BCUT2D eigenvalue weighted by Crippen LogP contribution is -2.12. The van der Waals surface area contributed by atoms with E-state index in [0.29, 0.717) is 12.0 Å². The molecule has 3 heteroatoms. The molecule has 0 heterocycles. The Labute approximate surface area is 69.2 Å². The van der Waals surface area contributed by atoms with Gasteiger partial charge in [0.05, 0.1) is 0 Å². The lowest BCUT2D eigenvalue weighted by Gasteiger charge is -2.04. The highest BCUT2D eigenvalue weighted by molar-refractivity contribution is 5.31. The van der Waals surface area contributed by atoms with Crippen LogP contribution in [-0.2, 0) is 5.67 Å². The number of nitrogens with two attached hydrogens (primary N) is 1. The van der Waals surface area contributed by atoms with Crippen LogP contribution in [0.25, 0.3) is 0 Å². The number of benzene rings is 1. The molecule has 1 nitrogen and oxygen atoms in total. The predicted molar refractivity (Wildman–Crippen MR) is 41.8 cm³/mol. The predicted octanol–water partition coefficient (Wildman–Crippen LogP) is 1.72. The zero-order valence-electron chi connectivity index (χ0n) is 6.43. The Morgan fingerprint density at radius 3 is 2.25 bits per heavy atom. The third-order valence-electron chi connectivity index (χ3n) is 2.27. The molecule has 2 rings (SSSR count). The number of hydrogen-bond donors (Lipinski definition) is 1. The summed E-state index contributed by atoms with van der Waals surface area (Å²) in [5.74, 6) is -0.350. The van der Waals surface area contributed by atoms with Gasteiger partial charge in [0.15, 0.2) is 5.67 Å². The molecule has 2 atom stereocenters. The molecule has 0 saturated heterocycles. The quantitative estimate of drug-likeness (QED) is 0.680. The summed E-state index contributed by atoms with van der Waals surface area (Å²) in [6.07, 6.45) is 0.346. The second-order valence-electron chi connectivity index (χ2n) is 3.18. The number of hydrogen-bond acceptors (Lipinski definition) is 1. The van der Waals surface area contributed by atoms with Crippen LogP contribution in [0.3, 0.4) is 0 Å². The van der Waals surface area contributed by atoms with Gasteiger partial charge in [-0.15, -0.1) is 0 Å². The maximum Gasteiger partial charge on any atom is 0.152 e. The van der Waals surface area contributed by atoms with Gasteiger partial charge < -0.3 is 5.73 Å². The molecule has 64 valence electrons.